The van der Waals surface area contributed by atoms with E-state index in [1.807, 2.05) is 0 Å². The van der Waals surface area contributed by atoms with E-state index in [1.165, 1.54) is 6.07 Å². The number of hydrogen-bond donors (Lipinski definition) is 0. The van der Waals surface area contributed by atoms with Gasteiger partial charge in [0.05, 0.1) is 25.0 Å². The van der Waals surface area contributed by atoms with Gasteiger partial charge in [0.25, 0.3) is 0 Å². The highest BCUT2D eigenvalue weighted by Crippen LogP contribution is 2.24. The minimum absolute atomic E-state index is 0.0314. The fourth-order valence-corrected chi connectivity index (χ4v) is 4.66. The van der Waals surface area contributed by atoms with Crippen molar-refractivity contribution in [2.75, 3.05) is 13.2 Å². The Morgan fingerprint density at radius 2 is 1.03 bits per heavy atom. The van der Waals surface area contributed by atoms with Crippen molar-refractivity contribution in [3.8, 4) is 11.5 Å². The van der Waals surface area contributed by atoms with E-state index in [4.69, 9.17) is 9.47 Å². The molecule has 0 unspecified atom stereocenters. The van der Waals surface area contributed by atoms with E-state index in [1.54, 1.807) is 39.8 Å². The second kappa shape index (κ2) is 20.3. The van der Waals surface area contributed by atoms with Crippen molar-refractivity contribution in [2.24, 2.45) is 11.8 Å². The van der Waals surface area contributed by atoms with Crippen molar-refractivity contribution in [1.82, 2.24) is 0 Å². The van der Waals surface area contributed by atoms with Crippen LogP contribution in [-0.4, -0.2) is 36.3 Å². The number of halogens is 1. The molecule has 0 aliphatic rings. The van der Waals surface area contributed by atoms with Crippen LogP contribution in [0.15, 0.2) is 18.2 Å². The molecule has 39 heavy (non-hydrogen) atoms. The van der Waals surface area contributed by atoms with E-state index in [9.17, 15) is 23.6 Å². The minimum atomic E-state index is -0.460. The van der Waals surface area contributed by atoms with Crippen molar-refractivity contribution in [1.29, 1.82) is 0 Å². The Bertz CT molecular complexity index is 865. The van der Waals surface area contributed by atoms with Gasteiger partial charge >= 0.3 is 0 Å². The predicted octanol–water partition coefficient (Wildman–Crippen LogP) is 7.63. The SMILES string of the molecule is CCC(=O)C(CCCCCCOc1ccc(OCCCCCCC(C(=O)CC)C(=O)CC)c(F)c1)C(=O)CC. The van der Waals surface area contributed by atoms with Gasteiger partial charge < -0.3 is 9.47 Å². The molecule has 1 rings (SSSR count). The predicted molar refractivity (Wildman–Crippen MR) is 152 cm³/mol. The van der Waals surface area contributed by atoms with Gasteiger partial charge in [0.15, 0.2) is 11.6 Å². The summed E-state index contributed by atoms with van der Waals surface area (Å²) in [6, 6.07) is 4.62. The monoisotopic (exact) mass is 548 g/mol. The largest absolute Gasteiger partial charge is 0.493 e. The average molecular weight is 549 g/mol. The van der Waals surface area contributed by atoms with Crippen LogP contribution in [0.25, 0.3) is 0 Å². The molecular weight excluding hydrogens is 499 g/mol. The van der Waals surface area contributed by atoms with Crippen LogP contribution in [0, 0.1) is 17.7 Å². The van der Waals surface area contributed by atoms with Crippen LogP contribution in [0.1, 0.15) is 118 Å². The second-order valence-electron chi connectivity index (χ2n) is 10.1. The number of carbonyl (C=O) groups is 4. The van der Waals surface area contributed by atoms with E-state index in [0.29, 0.717) is 57.5 Å². The molecule has 0 atom stereocenters. The maximum absolute atomic E-state index is 14.4. The van der Waals surface area contributed by atoms with Crippen LogP contribution >= 0.6 is 0 Å². The average Bonchev–Trinajstić information content (AvgIpc) is 2.95. The van der Waals surface area contributed by atoms with Crippen molar-refractivity contribution in [3.63, 3.8) is 0 Å². The highest BCUT2D eigenvalue weighted by molar-refractivity contribution is 6.02. The summed E-state index contributed by atoms with van der Waals surface area (Å²) in [6.07, 6.45) is 9.68. The third kappa shape index (κ3) is 13.4. The van der Waals surface area contributed by atoms with Gasteiger partial charge in [-0.1, -0.05) is 66.2 Å². The van der Waals surface area contributed by atoms with Crippen LogP contribution < -0.4 is 9.47 Å². The fraction of sp³-hybridized carbons (Fsp3) is 0.688. The van der Waals surface area contributed by atoms with Gasteiger partial charge in [-0.3, -0.25) is 19.2 Å². The molecule has 0 saturated carbocycles. The minimum Gasteiger partial charge on any atom is -0.493 e. The molecule has 7 heteroatoms. The first-order chi connectivity index (χ1) is 18.8. The summed E-state index contributed by atoms with van der Waals surface area (Å²) in [5.41, 5.74) is 0. The van der Waals surface area contributed by atoms with E-state index >= 15 is 0 Å². The number of hydrogen-bond acceptors (Lipinski definition) is 6. The molecule has 0 aromatic heterocycles. The first-order valence-electron chi connectivity index (χ1n) is 14.9. The van der Waals surface area contributed by atoms with Crippen LogP contribution in [0.2, 0.25) is 0 Å². The molecule has 0 aliphatic carbocycles. The summed E-state index contributed by atoms with van der Waals surface area (Å²) < 4.78 is 25.7. The first-order valence-corrected chi connectivity index (χ1v) is 14.9. The Hall–Kier alpha value is -2.57. The molecule has 0 heterocycles. The topological polar surface area (TPSA) is 86.7 Å². The molecule has 0 bridgehead atoms. The molecular formula is C32H49FO6. The maximum atomic E-state index is 14.4. The number of benzene rings is 1. The summed E-state index contributed by atoms with van der Waals surface area (Å²) in [5, 5.41) is 0. The Morgan fingerprint density at radius 3 is 1.44 bits per heavy atom. The Labute approximate surface area is 234 Å². The van der Waals surface area contributed by atoms with Crippen LogP contribution in [0.3, 0.4) is 0 Å². The normalized spacial score (nSPS) is 11.2. The van der Waals surface area contributed by atoms with Crippen molar-refractivity contribution >= 4 is 23.1 Å². The zero-order valence-electron chi connectivity index (χ0n) is 24.5. The highest BCUT2D eigenvalue weighted by atomic mass is 19.1. The van der Waals surface area contributed by atoms with Gasteiger partial charge in [-0.2, -0.15) is 0 Å². The van der Waals surface area contributed by atoms with Gasteiger partial charge in [-0.05, 0) is 37.8 Å². The molecule has 6 nitrogen and oxygen atoms in total. The van der Waals surface area contributed by atoms with Crippen LogP contribution in [-0.2, 0) is 19.2 Å². The van der Waals surface area contributed by atoms with Crippen molar-refractivity contribution < 1.29 is 33.0 Å². The second-order valence-corrected chi connectivity index (χ2v) is 10.1. The number of ketones is 4. The maximum Gasteiger partial charge on any atom is 0.168 e. The van der Waals surface area contributed by atoms with Gasteiger partial charge in [0.1, 0.15) is 28.9 Å². The molecule has 1 aromatic carbocycles. The van der Waals surface area contributed by atoms with E-state index < -0.39 is 17.7 Å². The number of rotatable bonds is 24. The molecule has 0 radical (unpaired) electrons. The first kappa shape index (κ1) is 34.5. The van der Waals surface area contributed by atoms with Crippen LogP contribution in [0.5, 0.6) is 11.5 Å². The van der Waals surface area contributed by atoms with E-state index in [2.05, 4.69) is 0 Å². The molecule has 1 aromatic rings. The lowest BCUT2D eigenvalue weighted by atomic mass is 9.90. The van der Waals surface area contributed by atoms with Crippen molar-refractivity contribution in [2.45, 2.75) is 118 Å². The van der Waals surface area contributed by atoms with E-state index in [0.717, 1.165) is 51.4 Å². The quantitative estimate of drug-likeness (QED) is 0.0975. The zero-order chi connectivity index (χ0) is 29.0. The highest BCUT2D eigenvalue weighted by Gasteiger charge is 2.23. The number of unbranched alkanes of at least 4 members (excludes halogenated alkanes) is 6. The Kier molecular flexibility index (Phi) is 18.0. The van der Waals surface area contributed by atoms with Gasteiger partial charge in [-0.25, -0.2) is 4.39 Å². The summed E-state index contributed by atoms with van der Waals surface area (Å²) in [6.45, 7) is 8.06. The third-order valence-electron chi connectivity index (χ3n) is 7.15. The molecule has 0 N–H and O–H groups in total. The number of carbonyl (C=O) groups excluding carboxylic acids is 4. The summed E-state index contributed by atoms with van der Waals surface area (Å²) in [5.74, 6) is -0.578. The Morgan fingerprint density at radius 1 is 0.615 bits per heavy atom. The Balaban J connectivity index is 2.23. The standard InChI is InChI=1S/C32H49FO6/c1-5-28(34)25(29(35)6-2)17-13-9-11-15-21-38-24-19-20-32(27(33)23-24)39-22-16-12-10-14-18-26(30(36)7-3)31(37)8-4/h19-20,23,25-26H,5-18,21-22H2,1-4H3. The summed E-state index contributed by atoms with van der Waals surface area (Å²) >= 11 is 0. The van der Waals surface area contributed by atoms with Gasteiger partial charge in [-0.15, -0.1) is 0 Å². The van der Waals surface area contributed by atoms with Crippen molar-refractivity contribution in [3.05, 3.63) is 24.0 Å². The lowest BCUT2D eigenvalue weighted by Crippen LogP contribution is -2.22. The molecule has 0 aliphatic heterocycles. The fourth-order valence-electron chi connectivity index (χ4n) is 4.66. The third-order valence-corrected chi connectivity index (χ3v) is 7.15. The lowest BCUT2D eigenvalue weighted by Gasteiger charge is -2.13. The molecule has 0 amide bonds. The zero-order valence-corrected chi connectivity index (χ0v) is 24.5. The number of ether oxygens (including phenoxy) is 2. The van der Waals surface area contributed by atoms with E-state index in [-0.39, 0.29) is 28.9 Å². The summed E-state index contributed by atoms with van der Waals surface area (Å²) in [7, 11) is 0. The summed E-state index contributed by atoms with van der Waals surface area (Å²) in [4.78, 5) is 47.9. The number of Topliss-reactive ketones (excluding diaryl/α,β-unsaturated/α-hetero) is 4. The van der Waals surface area contributed by atoms with Gasteiger partial charge in [0, 0.05) is 31.7 Å². The molecule has 0 saturated heterocycles. The molecule has 220 valence electrons. The molecule has 0 spiro atoms. The van der Waals surface area contributed by atoms with Gasteiger partial charge in [0.2, 0.25) is 0 Å². The smallest absolute Gasteiger partial charge is 0.168 e. The molecule has 0 fully saturated rings. The lowest BCUT2D eigenvalue weighted by molar-refractivity contribution is -0.134. The van der Waals surface area contributed by atoms with Crippen LogP contribution in [0.4, 0.5) is 4.39 Å².